The normalized spacial score (nSPS) is 23.1. The summed E-state index contributed by atoms with van der Waals surface area (Å²) in [6.07, 6.45) is 1.15. The van der Waals surface area contributed by atoms with E-state index in [2.05, 4.69) is 48.5 Å². The van der Waals surface area contributed by atoms with E-state index in [0.717, 1.165) is 24.2 Å². The third-order valence-corrected chi connectivity index (χ3v) is 11.3. The van der Waals surface area contributed by atoms with Crippen LogP contribution in [0.15, 0.2) is 24.3 Å². The molecule has 0 aromatic heterocycles. The molecular weight excluding hydrogens is 396 g/mol. The molecule has 1 fully saturated rings. The maximum absolute atomic E-state index is 12.8. The van der Waals surface area contributed by atoms with Gasteiger partial charge in [0.25, 0.3) is 0 Å². The zero-order valence-electron chi connectivity index (χ0n) is 20.0. The van der Waals surface area contributed by atoms with Crippen LogP contribution in [0, 0.1) is 0 Å². The molecule has 1 aliphatic rings. The van der Waals surface area contributed by atoms with Crippen molar-refractivity contribution in [3.05, 3.63) is 29.8 Å². The zero-order chi connectivity index (χ0) is 22.7. The molecule has 1 aliphatic heterocycles. The van der Waals surface area contributed by atoms with Crippen molar-refractivity contribution in [1.82, 2.24) is 0 Å². The first-order chi connectivity index (χ1) is 13.8. The third-order valence-electron chi connectivity index (χ3n) is 6.00. The van der Waals surface area contributed by atoms with Gasteiger partial charge in [-0.2, -0.15) is 0 Å². The Balaban J connectivity index is 2.12. The first-order valence-corrected chi connectivity index (χ1v) is 12.8. The van der Waals surface area contributed by atoms with E-state index in [1.165, 1.54) is 0 Å². The largest absolute Gasteiger partial charge is 0.497 e. The fourth-order valence-electron chi connectivity index (χ4n) is 4.59. The second kappa shape index (κ2) is 9.51. The smallest absolute Gasteiger partial charge is 0.349 e. The highest BCUT2D eigenvalue weighted by Gasteiger charge is 2.61. The van der Waals surface area contributed by atoms with Crippen LogP contribution >= 0.6 is 0 Å². The second-order valence-corrected chi connectivity index (χ2v) is 15.2. The number of ether oxygens (including phenoxy) is 1. The summed E-state index contributed by atoms with van der Waals surface area (Å²) in [6, 6.07) is 7.18. The van der Waals surface area contributed by atoms with Gasteiger partial charge in [-0.3, -0.25) is 4.79 Å². The molecule has 1 aromatic carbocycles. The maximum atomic E-state index is 12.8. The van der Waals surface area contributed by atoms with Crippen molar-refractivity contribution >= 4 is 14.3 Å². The molecule has 30 heavy (non-hydrogen) atoms. The van der Waals surface area contributed by atoms with Crippen LogP contribution in [-0.4, -0.2) is 38.8 Å². The highest BCUT2D eigenvalue weighted by molar-refractivity contribution is 6.73. The van der Waals surface area contributed by atoms with Gasteiger partial charge in [0, 0.05) is 29.0 Å². The van der Waals surface area contributed by atoms with Crippen molar-refractivity contribution < 1.29 is 23.5 Å². The van der Waals surface area contributed by atoms with Gasteiger partial charge in [0.15, 0.2) is 0 Å². The predicted octanol–water partition coefficient (Wildman–Crippen LogP) is 5.70. The summed E-state index contributed by atoms with van der Waals surface area (Å²) in [5.41, 5.74) is 0.719. The topological polar surface area (TPSA) is 65.0 Å². The minimum atomic E-state index is -2.64. The number of methoxy groups -OCH3 is 1. The fourth-order valence-corrected chi connectivity index (χ4v) is 9.69. The summed E-state index contributed by atoms with van der Waals surface area (Å²) in [6.45, 7) is 15.3. The minimum Gasteiger partial charge on any atom is -0.497 e. The SMILES string of the molecule is CC[C@@H]1C[C@@H](CC(=O)C[C@@H](O)c2ccc(OC)cc2)O[Si](C(C)(C)C)(C(C)(C)C)O1. The summed E-state index contributed by atoms with van der Waals surface area (Å²) in [4.78, 5) is 12.8. The molecule has 0 aliphatic carbocycles. The number of carbonyl (C=O) groups excluding carboxylic acids is 1. The molecule has 6 heteroatoms. The molecule has 3 atom stereocenters. The Kier molecular flexibility index (Phi) is 7.94. The van der Waals surface area contributed by atoms with Crippen LogP contribution in [0.3, 0.4) is 0 Å². The van der Waals surface area contributed by atoms with Gasteiger partial charge in [-0.05, 0) is 30.5 Å². The summed E-state index contributed by atoms with van der Waals surface area (Å²) in [5, 5.41) is 10.3. The Morgan fingerprint density at radius 2 is 1.63 bits per heavy atom. The van der Waals surface area contributed by atoms with Crippen molar-refractivity contribution in [2.24, 2.45) is 0 Å². The molecule has 0 saturated carbocycles. The molecule has 1 saturated heterocycles. The average Bonchev–Trinajstić information content (AvgIpc) is 2.65. The van der Waals surface area contributed by atoms with E-state index in [9.17, 15) is 9.90 Å². The lowest BCUT2D eigenvalue weighted by Gasteiger charge is -2.55. The molecule has 1 heterocycles. The monoisotopic (exact) mass is 436 g/mol. The Bertz CT molecular complexity index is 688. The van der Waals surface area contributed by atoms with Crippen LogP contribution in [0.2, 0.25) is 10.1 Å². The number of benzene rings is 1. The van der Waals surface area contributed by atoms with Gasteiger partial charge in [0.05, 0.1) is 19.3 Å². The molecule has 0 unspecified atom stereocenters. The lowest BCUT2D eigenvalue weighted by atomic mass is 9.99. The molecule has 2 rings (SSSR count). The Labute approximate surface area is 183 Å². The van der Waals surface area contributed by atoms with E-state index < -0.39 is 14.7 Å². The van der Waals surface area contributed by atoms with Crippen LogP contribution in [0.5, 0.6) is 5.75 Å². The van der Waals surface area contributed by atoms with E-state index in [-0.39, 0.29) is 34.5 Å². The van der Waals surface area contributed by atoms with E-state index in [1.54, 1.807) is 31.4 Å². The molecule has 5 nitrogen and oxygen atoms in total. The molecular formula is C24H40O5Si. The predicted molar refractivity (Wildman–Crippen MR) is 122 cm³/mol. The van der Waals surface area contributed by atoms with Crippen LogP contribution < -0.4 is 4.74 Å². The molecule has 0 amide bonds. The van der Waals surface area contributed by atoms with Gasteiger partial charge < -0.3 is 18.7 Å². The summed E-state index contributed by atoms with van der Waals surface area (Å²) in [5.74, 6) is 0.745. The van der Waals surface area contributed by atoms with Crippen LogP contribution in [0.25, 0.3) is 0 Å². The first kappa shape index (κ1) is 25.1. The van der Waals surface area contributed by atoms with Crippen LogP contribution in [0.4, 0.5) is 0 Å². The summed E-state index contributed by atoms with van der Waals surface area (Å²) >= 11 is 0. The molecule has 0 spiro atoms. The number of hydrogen-bond donors (Lipinski definition) is 1. The van der Waals surface area contributed by atoms with Gasteiger partial charge in [0.1, 0.15) is 11.5 Å². The third kappa shape index (κ3) is 5.52. The van der Waals surface area contributed by atoms with Crippen molar-refractivity contribution in [3.63, 3.8) is 0 Å². The summed E-state index contributed by atoms with van der Waals surface area (Å²) < 4.78 is 18.6. The zero-order valence-corrected chi connectivity index (χ0v) is 21.0. The van der Waals surface area contributed by atoms with E-state index in [0.29, 0.717) is 6.42 Å². The van der Waals surface area contributed by atoms with Gasteiger partial charge >= 0.3 is 8.56 Å². The lowest BCUT2D eigenvalue weighted by molar-refractivity contribution is -0.124. The number of carbonyl (C=O) groups is 1. The lowest BCUT2D eigenvalue weighted by Crippen LogP contribution is -2.63. The van der Waals surface area contributed by atoms with E-state index in [4.69, 9.17) is 13.6 Å². The molecule has 0 bridgehead atoms. The van der Waals surface area contributed by atoms with Gasteiger partial charge in [-0.25, -0.2) is 0 Å². The molecule has 170 valence electrons. The number of aliphatic hydroxyl groups excluding tert-OH is 1. The summed E-state index contributed by atoms with van der Waals surface area (Å²) in [7, 11) is -1.04. The fraction of sp³-hybridized carbons (Fsp3) is 0.708. The van der Waals surface area contributed by atoms with Crippen molar-refractivity contribution in [2.45, 2.75) is 103 Å². The average molecular weight is 437 g/mol. The highest BCUT2D eigenvalue weighted by Crippen LogP contribution is 2.55. The Morgan fingerprint density at radius 3 is 2.10 bits per heavy atom. The van der Waals surface area contributed by atoms with Crippen LogP contribution in [-0.2, 0) is 13.6 Å². The standard InChI is InChI=1S/C24H40O5Si/c1-9-19-16-21(29-30(28-19,23(2,3)4)24(5,6)7)14-18(25)15-22(26)17-10-12-20(27-8)13-11-17/h10-13,19,21-22,26H,9,14-16H2,1-8H3/t19-,21-,22-/m1/s1. The Morgan fingerprint density at radius 1 is 1.10 bits per heavy atom. The molecule has 1 N–H and O–H groups in total. The quantitative estimate of drug-likeness (QED) is 0.555. The van der Waals surface area contributed by atoms with Crippen molar-refractivity contribution in [3.8, 4) is 5.75 Å². The van der Waals surface area contributed by atoms with Crippen molar-refractivity contribution in [2.75, 3.05) is 7.11 Å². The Hall–Kier alpha value is -1.21. The maximum Gasteiger partial charge on any atom is 0.349 e. The number of ketones is 1. The molecule has 1 aromatic rings. The molecule has 0 radical (unpaired) electrons. The van der Waals surface area contributed by atoms with Gasteiger partial charge in [-0.15, -0.1) is 0 Å². The van der Waals surface area contributed by atoms with Gasteiger partial charge in [0.2, 0.25) is 0 Å². The van der Waals surface area contributed by atoms with Crippen molar-refractivity contribution in [1.29, 1.82) is 0 Å². The number of rotatable bonds is 7. The number of aliphatic hydroxyl groups is 1. The van der Waals surface area contributed by atoms with E-state index >= 15 is 0 Å². The van der Waals surface area contributed by atoms with Gasteiger partial charge in [-0.1, -0.05) is 60.6 Å². The first-order valence-electron chi connectivity index (χ1n) is 11.0. The number of Topliss-reactive ketones (excluding diaryl/α,β-unsaturated/α-hetero) is 1. The minimum absolute atomic E-state index is 0.0192. The number of hydrogen-bond acceptors (Lipinski definition) is 5. The second-order valence-electron chi connectivity index (χ2n) is 10.5. The van der Waals surface area contributed by atoms with E-state index in [1.807, 2.05) is 0 Å². The highest BCUT2D eigenvalue weighted by atomic mass is 28.4. The van der Waals surface area contributed by atoms with Crippen LogP contribution in [0.1, 0.15) is 85.8 Å².